The summed E-state index contributed by atoms with van der Waals surface area (Å²) in [6.45, 7) is 10.8. The van der Waals surface area contributed by atoms with Crippen LogP contribution in [0.15, 0.2) is 55.6 Å². The first kappa shape index (κ1) is 29.5. The highest BCUT2D eigenvalue weighted by Crippen LogP contribution is 2.60. The number of amides is 3. The van der Waals surface area contributed by atoms with Gasteiger partial charge in [-0.05, 0) is 37.7 Å². The van der Waals surface area contributed by atoms with Gasteiger partial charge in [0.1, 0.15) is 11.6 Å². The highest BCUT2D eigenvalue weighted by atomic mass is 16.5. The van der Waals surface area contributed by atoms with E-state index in [1.54, 1.807) is 22.0 Å². The van der Waals surface area contributed by atoms with Gasteiger partial charge >= 0.3 is 0 Å². The summed E-state index contributed by atoms with van der Waals surface area (Å²) in [6, 6.07) is 7.77. The molecule has 0 radical (unpaired) electrons. The van der Waals surface area contributed by atoms with Gasteiger partial charge in [-0.25, -0.2) is 0 Å². The van der Waals surface area contributed by atoms with Crippen molar-refractivity contribution in [2.24, 2.45) is 11.8 Å². The molecule has 1 aliphatic carbocycles. The Kier molecular flexibility index (Phi) is 9.00. The molecule has 3 amide bonds. The van der Waals surface area contributed by atoms with Gasteiger partial charge in [-0.15, -0.1) is 13.2 Å². The Hall–Kier alpha value is -2.97. The summed E-state index contributed by atoms with van der Waals surface area (Å²) in [7, 11) is 0. The lowest BCUT2D eigenvalue weighted by molar-refractivity contribution is -0.153. The van der Waals surface area contributed by atoms with Crippen molar-refractivity contribution in [3.63, 3.8) is 0 Å². The van der Waals surface area contributed by atoms with Crippen molar-refractivity contribution in [1.29, 1.82) is 0 Å². The molecular formula is C33H45N3O5. The maximum atomic E-state index is 14.8. The fraction of sp³-hybridized carbons (Fsp3) is 0.606. The van der Waals surface area contributed by atoms with E-state index in [0.717, 1.165) is 44.1 Å². The zero-order valence-corrected chi connectivity index (χ0v) is 24.3. The molecule has 0 aromatic heterocycles. The van der Waals surface area contributed by atoms with E-state index < -0.39 is 35.6 Å². The van der Waals surface area contributed by atoms with Crippen LogP contribution in [0.4, 0.5) is 0 Å². The number of hydrogen-bond donors (Lipinski definition) is 1. The van der Waals surface area contributed by atoms with Crippen LogP contribution in [0.2, 0.25) is 0 Å². The summed E-state index contributed by atoms with van der Waals surface area (Å²) in [4.78, 5) is 48.7. The molecule has 3 aliphatic heterocycles. The summed E-state index contributed by atoms with van der Waals surface area (Å²) in [5.41, 5.74) is -0.358. The van der Waals surface area contributed by atoms with Gasteiger partial charge in [-0.1, -0.05) is 68.7 Å². The van der Waals surface area contributed by atoms with E-state index in [2.05, 4.69) is 13.2 Å². The Bertz CT molecular complexity index is 1130. The molecule has 1 N–H and O–H groups in total. The molecule has 4 fully saturated rings. The minimum absolute atomic E-state index is 0.0645. The molecule has 3 saturated heterocycles. The topological polar surface area (TPSA) is 90.4 Å². The smallest absolute Gasteiger partial charge is 0.248 e. The first-order valence-electron chi connectivity index (χ1n) is 15.4. The third-order valence-electron chi connectivity index (χ3n) is 9.73. The van der Waals surface area contributed by atoms with E-state index in [4.69, 9.17) is 4.74 Å². The number of aliphatic hydroxyl groups is 1. The quantitative estimate of drug-likeness (QED) is 0.390. The molecule has 1 saturated carbocycles. The lowest BCUT2D eigenvalue weighted by atomic mass is 9.70. The normalized spacial score (nSPS) is 29.7. The Labute approximate surface area is 244 Å². The van der Waals surface area contributed by atoms with Gasteiger partial charge < -0.3 is 24.5 Å². The lowest BCUT2D eigenvalue weighted by Gasteiger charge is -2.42. The zero-order valence-electron chi connectivity index (χ0n) is 24.3. The van der Waals surface area contributed by atoms with Crippen molar-refractivity contribution in [1.82, 2.24) is 14.7 Å². The third-order valence-corrected chi connectivity index (χ3v) is 9.73. The predicted octanol–water partition coefficient (Wildman–Crippen LogP) is 3.87. The van der Waals surface area contributed by atoms with Gasteiger partial charge in [0.25, 0.3) is 0 Å². The van der Waals surface area contributed by atoms with Crippen molar-refractivity contribution in [2.45, 2.75) is 88.1 Å². The summed E-state index contributed by atoms with van der Waals surface area (Å²) >= 11 is 0. The Morgan fingerprint density at radius 2 is 1.80 bits per heavy atom. The van der Waals surface area contributed by atoms with Crippen LogP contribution >= 0.6 is 0 Å². The van der Waals surface area contributed by atoms with Crippen molar-refractivity contribution in [3.8, 4) is 0 Å². The number of likely N-dealkylation sites (tertiary alicyclic amines) is 1. The molecule has 222 valence electrons. The monoisotopic (exact) mass is 563 g/mol. The highest BCUT2D eigenvalue weighted by Gasteiger charge is 2.75. The minimum Gasteiger partial charge on any atom is -0.394 e. The molecular weight excluding hydrogens is 518 g/mol. The number of ether oxygens (including phenoxy) is 1. The fourth-order valence-corrected chi connectivity index (χ4v) is 8.05. The second-order valence-electron chi connectivity index (χ2n) is 12.1. The average molecular weight is 564 g/mol. The number of benzene rings is 1. The second-order valence-corrected chi connectivity index (χ2v) is 12.1. The van der Waals surface area contributed by atoms with Gasteiger partial charge in [-0.2, -0.15) is 0 Å². The number of nitrogens with zero attached hydrogens (tertiary/aromatic N) is 3. The van der Waals surface area contributed by atoms with Crippen LogP contribution in [0.25, 0.3) is 0 Å². The van der Waals surface area contributed by atoms with Crippen LogP contribution in [0.5, 0.6) is 0 Å². The van der Waals surface area contributed by atoms with Crippen LogP contribution < -0.4 is 0 Å². The maximum absolute atomic E-state index is 14.8. The average Bonchev–Trinajstić information content (AvgIpc) is 3.64. The summed E-state index contributed by atoms with van der Waals surface area (Å²) < 4.78 is 6.71. The first-order chi connectivity index (χ1) is 19.9. The van der Waals surface area contributed by atoms with E-state index in [1.165, 1.54) is 0 Å². The largest absolute Gasteiger partial charge is 0.394 e. The number of rotatable bonds is 12. The molecule has 4 aliphatic rings. The number of fused-ring (bicyclic) bond motifs is 1. The zero-order chi connectivity index (χ0) is 29.1. The number of aliphatic hydroxyl groups excluding tert-OH is 1. The van der Waals surface area contributed by atoms with Gasteiger partial charge in [0.15, 0.2) is 0 Å². The molecule has 8 nitrogen and oxygen atoms in total. The van der Waals surface area contributed by atoms with Gasteiger partial charge in [0.05, 0.1) is 30.6 Å². The molecule has 2 unspecified atom stereocenters. The molecule has 41 heavy (non-hydrogen) atoms. The maximum Gasteiger partial charge on any atom is 0.248 e. The molecule has 5 rings (SSSR count). The van der Waals surface area contributed by atoms with E-state index in [-0.39, 0.29) is 30.4 Å². The Morgan fingerprint density at radius 3 is 2.44 bits per heavy atom. The van der Waals surface area contributed by atoms with Gasteiger partial charge in [0.2, 0.25) is 17.7 Å². The van der Waals surface area contributed by atoms with Crippen LogP contribution in [-0.2, 0) is 19.1 Å². The predicted molar refractivity (Wildman–Crippen MR) is 157 cm³/mol. The molecule has 1 aromatic carbocycles. The summed E-state index contributed by atoms with van der Waals surface area (Å²) in [5, 5.41) is 10.7. The molecule has 2 bridgehead atoms. The summed E-state index contributed by atoms with van der Waals surface area (Å²) in [5.74, 6) is -1.99. The number of hydrogen-bond acceptors (Lipinski definition) is 5. The second kappa shape index (κ2) is 12.5. The minimum atomic E-state index is -1.11. The van der Waals surface area contributed by atoms with Crippen molar-refractivity contribution < 1.29 is 24.2 Å². The van der Waals surface area contributed by atoms with Crippen molar-refractivity contribution in [3.05, 3.63) is 61.2 Å². The SMILES string of the molecule is C=CCN(CCC)C(=O)[C@@H]1[C@@H]2CCC3(O2)C(C(=O)N(CC=C)C2CCCCC2)N([C@H](CO)c2ccccc2)C(=O)[C@H]13. The molecule has 6 atom stereocenters. The van der Waals surface area contributed by atoms with E-state index in [1.807, 2.05) is 42.2 Å². The summed E-state index contributed by atoms with van der Waals surface area (Å²) in [6.07, 6.45) is 10.1. The fourth-order valence-electron chi connectivity index (χ4n) is 8.05. The Balaban J connectivity index is 1.60. The molecule has 1 spiro atoms. The number of carbonyl (C=O) groups is 3. The van der Waals surface area contributed by atoms with Gasteiger partial charge in [-0.3, -0.25) is 14.4 Å². The Morgan fingerprint density at radius 1 is 1.10 bits per heavy atom. The van der Waals surface area contributed by atoms with Crippen LogP contribution in [0.3, 0.4) is 0 Å². The van der Waals surface area contributed by atoms with Crippen LogP contribution in [0, 0.1) is 11.8 Å². The first-order valence-corrected chi connectivity index (χ1v) is 15.4. The van der Waals surface area contributed by atoms with Crippen LogP contribution in [0.1, 0.15) is 69.9 Å². The van der Waals surface area contributed by atoms with E-state index >= 15 is 0 Å². The number of carbonyl (C=O) groups excluding carboxylic acids is 3. The third kappa shape index (κ3) is 5.03. The van der Waals surface area contributed by atoms with E-state index in [9.17, 15) is 19.5 Å². The molecule has 1 aromatic rings. The van der Waals surface area contributed by atoms with Crippen molar-refractivity contribution >= 4 is 17.7 Å². The standard InChI is InChI=1S/C33H45N3O5/c1-4-19-34(20-5-2)30(38)27-26-17-18-33(41-26)28(27)31(39)36(25(22-37)23-13-9-7-10-14-23)29(33)32(40)35(21-6-3)24-15-11-8-12-16-24/h4,6-7,9-10,13-14,24-29,37H,1,3,5,8,11-12,15-22H2,2H3/t25-,26+,27-,28+,29?,33?/m1/s1. The highest BCUT2D eigenvalue weighted by molar-refractivity contribution is 5.99. The molecule has 8 heteroatoms. The molecule has 3 heterocycles. The lowest BCUT2D eigenvalue weighted by Crippen LogP contribution is -2.59. The van der Waals surface area contributed by atoms with E-state index in [0.29, 0.717) is 32.5 Å². The van der Waals surface area contributed by atoms with Crippen molar-refractivity contribution in [2.75, 3.05) is 26.2 Å². The van der Waals surface area contributed by atoms with Crippen LogP contribution in [-0.4, -0.2) is 87.6 Å². The van der Waals surface area contributed by atoms with Gasteiger partial charge in [0, 0.05) is 25.7 Å².